The van der Waals surface area contributed by atoms with Crippen molar-refractivity contribution >= 4 is 28.8 Å². The number of aliphatic hydroxyl groups is 1. The van der Waals surface area contributed by atoms with Crippen LogP contribution in [0.5, 0.6) is 0 Å². The third-order valence-electron chi connectivity index (χ3n) is 2.29. The number of aliphatic hydroxyl groups excluding tert-OH is 1. The Morgan fingerprint density at radius 3 is 2.88 bits per heavy atom. The Labute approximate surface area is 110 Å². The molecule has 0 saturated heterocycles. The summed E-state index contributed by atoms with van der Waals surface area (Å²) in [6.07, 6.45) is 0.460. The van der Waals surface area contributed by atoms with E-state index < -0.39 is 0 Å². The lowest BCUT2D eigenvalue weighted by Crippen LogP contribution is -2.38. The first-order valence-corrected chi connectivity index (χ1v) is 6.50. The molecule has 0 aliphatic heterocycles. The predicted molar refractivity (Wildman–Crippen MR) is 68.9 cm³/mol. The second-order valence-corrected chi connectivity index (χ2v) is 4.96. The van der Waals surface area contributed by atoms with Gasteiger partial charge < -0.3 is 15.2 Å². The van der Waals surface area contributed by atoms with Crippen molar-refractivity contribution in [3.63, 3.8) is 0 Å². The smallest absolute Gasteiger partial charge is 0.263 e. The van der Waals surface area contributed by atoms with Gasteiger partial charge in [0, 0.05) is 13.7 Å². The number of hydrogen-bond acceptors (Lipinski definition) is 4. The molecule has 0 aliphatic carbocycles. The third-order valence-corrected chi connectivity index (χ3v) is 3.98. The Morgan fingerprint density at radius 2 is 2.41 bits per heavy atom. The molecule has 1 aromatic heterocycles. The van der Waals surface area contributed by atoms with Crippen molar-refractivity contribution in [2.24, 2.45) is 0 Å². The molecule has 1 aromatic rings. The first-order chi connectivity index (χ1) is 8.10. The number of ether oxygens (including phenoxy) is 1. The van der Waals surface area contributed by atoms with E-state index in [1.54, 1.807) is 7.11 Å². The van der Waals surface area contributed by atoms with Crippen LogP contribution in [0.25, 0.3) is 0 Å². The molecule has 1 rings (SSSR count). The van der Waals surface area contributed by atoms with E-state index in [0.717, 1.165) is 5.56 Å². The maximum atomic E-state index is 11.9. The summed E-state index contributed by atoms with van der Waals surface area (Å²) < 4.78 is 4.97. The van der Waals surface area contributed by atoms with Crippen molar-refractivity contribution in [3.05, 3.63) is 20.8 Å². The molecule has 0 saturated carbocycles. The van der Waals surface area contributed by atoms with Gasteiger partial charge in [-0.2, -0.15) is 0 Å². The van der Waals surface area contributed by atoms with Crippen LogP contribution >= 0.6 is 22.9 Å². The van der Waals surface area contributed by atoms with Crippen LogP contribution in [-0.4, -0.2) is 37.4 Å². The highest BCUT2D eigenvalue weighted by Crippen LogP contribution is 2.26. The van der Waals surface area contributed by atoms with E-state index >= 15 is 0 Å². The van der Waals surface area contributed by atoms with Crippen molar-refractivity contribution < 1.29 is 14.6 Å². The first-order valence-electron chi connectivity index (χ1n) is 5.24. The van der Waals surface area contributed by atoms with Gasteiger partial charge in [-0.25, -0.2) is 0 Å². The van der Waals surface area contributed by atoms with E-state index in [1.807, 2.05) is 12.3 Å². The van der Waals surface area contributed by atoms with Crippen molar-refractivity contribution in [2.45, 2.75) is 19.4 Å². The largest absolute Gasteiger partial charge is 0.396 e. The van der Waals surface area contributed by atoms with Crippen molar-refractivity contribution in [1.29, 1.82) is 0 Å². The van der Waals surface area contributed by atoms with Gasteiger partial charge in [0.1, 0.15) is 4.88 Å². The van der Waals surface area contributed by atoms with Gasteiger partial charge in [0.15, 0.2) is 0 Å². The van der Waals surface area contributed by atoms with Gasteiger partial charge in [-0.1, -0.05) is 11.6 Å². The molecule has 0 radical (unpaired) electrons. The van der Waals surface area contributed by atoms with Crippen LogP contribution in [-0.2, 0) is 4.74 Å². The molecule has 1 amide bonds. The van der Waals surface area contributed by atoms with Crippen LogP contribution in [0.2, 0.25) is 5.02 Å². The number of carbonyl (C=O) groups is 1. The van der Waals surface area contributed by atoms with Gasteiger partial charge in [-0.3, -0.25) is 4.79 Å². The zero-order chi connectivity index (χ0) is 12.8. The van der Waals surface area contributed by atoms with E-state index in [9.17, 15) is 4.79 Å². The van der Waals surface area contributed by atoms with Crippen LogP contribution in [0.15, 0.2) is 5.38 Å². The maximum Gasteiger partial charge on any atom is 0.263 e. The van der Waals surface area contributed by atoms with Crippen LogP contribution < -0.4 is 5.32 Å². The van der Waals surface area contributed by atoms with E-state index in [-0.39, 0.29) is 18.6 Å². The number of carbonyl (C=O) groups excluding carboxylic acids is 1. The Balaban J connectivity index is 2.66. The number of thiophene rings is 1. The fourth-order valence-electron chi connectivity index (χ4n) is 1.39. The first kappa shape index (κ1) is 14.4. The topological polar surface area (TPSA) is 58.6 Å². The van der Waals surface area contributed by atoms with Gasteiger partial charge in [0.05, 0.1) is 17.7 Å². The molecule has 1 atom stereocenters. The molecule has 0 aromatic carbocycles. The molecular weight excluding hydrogens is 262 g/mol. The molecular formula is C11H16ClNO3S. The number of rotatable bonds is 6. The molecule has 0 fully saturated rings. The number of methoxy groups -OCH3 is 1. The van der Waals surface area contributed by atoms with Crippen LogP contribution in [0.3, 0.4) is 0 Å². The normalized spacial score (nSPS) is 12.5. The molecule has 0 aliphatic rings. The number of halogens is 1. The number of hydrogen-bond donors (Lipinski definition) is 2. The SMILES string of the molecule is COCC(CCO)NC(=O)c1scc(C)c1Cl. The molecule has 2 N–H and O–H groups in total. The van der Waals surface area contributed by atoms with Gasteiger partial charge in [-0.05, 0) is 24.3 Å². The second kappa shape index (κ2) is 6.96. The summed E-state index contributed by atoms with van der Waals surface area (Å²) in [5.41, 5.74) is 0.896. The molecule has 17 heavy (non-hydrogen) atoms. The fourth-order valence-corrected chi connectivity index (χ4v) is 2.57. The predicted octanol–water partition coefficient (Wildman–Crippen LogP) is 1.84. The lowest BCUT2D eigenvalue weighted by atomic mass is 10.2. The highest BCUT2D eigenvalue weighted by atomic mass is 35.5. The minimum absolute atomic E-state index is 0.00546. The van der Waals surface area contributed by atoms with E-state index in [1.165, 1.54) is 11.3 Å². The quantitative estimate of drug-likeness (QED) is 0.834. The minimum atomic E-state index is -0.219. The molecule has 0 bridgehead atoms. The van der Waals surface area contributed by atoms with E-state index in [4.69, 9.17) is 21.4 Å². The molecule has 4 nitrogen and oxygen atoms in total. The Kier molecular flexibility index (Phi) is 5.91. The van der Waals surface area contributed by atoms with Gasteiger partial charge >= 0.3 is 0 Å². The van der Waals surface area contributed by atoms with Crippen LogP contribution in [0.4, 0.5) is 0 Å². The van der Waals surface area contributed by atoms with Crippen molar-refractivity contribution in [1.82, 2.24) is 5.32 Å². The third kappa shape index (κ3) is 3.96. The molecule has 1 heterocycles. The van der Waals surface area contributed by atoms with Gasteiger partial charge in [0.25, 0.3) is 5.91 Å². The zero-order valence-corrected chi connectivity index (χ0v) is 11.4. The number of aryl methyl sites for hydroxylation is 1. The molecule has 96 valence electrons. The Morgan fingerprint density at radius 1 is 1.71 bits per heavy atom. The lowest BCUT2D eigenvalue weighted by Gasteiger charge is -2.16. The standard InChI is InChI=1S/C11H16ClNO3S/c1-7-6-17-10(9(7)12)11(15)13-8(3-4-14)5-16-2/h6,8,14H,3-5H2,1-2H3,(H,13,15). The van der Waals surface area contributed by atoms with Crippen molar-refractivity contribution in [2.75, 3.05) is 20.3 Å². The highest BCUT2D eigenvalue weighted by molar-refractivity contribution is 7.13. The molecule has 1 unspecified atom stereocenters. The van der Waals surface area contributed by atoms with Crippen LogP contribution in [0, 0.1) is 6.92 Å². The summed E-state index contributed by atoms with van der Waals surface area (Å²) in [5, 5.41) is 14.0. The summed E-state index contributed by atoms with van der Waals surface area (Å²) in [5.74, 6) is -0.219. The van der Waals surface area contributed by atoms with E-state index in [2.05, 4.69) is 5.32 Å². The average molecular weight is 278 g/mol. The summed E-state index contributed by atoms with van der Waals surface area (Å²) in [4.78, 5) is 12.4. The summed E-state index contributed by atoms with van der Waals surface area (Å²) in [6.45, 7) is 2.23. The number of amides is 1. The minimum Gasteiger partial charge on any atom is -0.396 e. The van der Waals surface area contributed by atoms with Crippen LogP contribution in [0.1, 0.15) is 21.7 Å². The fraction of sp³-hybridized carbons (Fsp3) is 0.545. The average Bonchev–Trinajstić information content (AvgIpc) is 2.60. The van der Waals surface area contributed by atoms with E-state index in [0.29, 0.717) is 22.9 Å². The van der Waals surface area contributed by atoms with Gasteiger partial charge in [-0.15, -0.1) is 11.3 Å². The lowest BCUT2D eigenvalue weighted by molar-refractivity contribution is 0.0883. The summed E-state index contributed by atoms with van der Waals surface area (Å²) >= 11 is 7.33. The zero-order valence-electron chi connectivity index (χ0n) is 9.83. The van der Waals surface area contributed by atoms with Crippen molar-refractivity contribution in [3.8, 4) is 0 Å². The Hall–Kier alpha value is -0.620. The second-order valence-electron chi connectivity index (χ2n) is 3.70. The Bertz CT molecular complexity index is 375. The summed E-state index contributed by atoms with van der Waals surface area (Å²) in [7, 11) is 1.55. The van der Waals surface area contributed by atoms with Gasteiger partial charge in [0.2, 0.25) is 0 Å². The molecule has 0 spiro atoms. The summed E-state index contributed by atoms with van der Waals surface area (Å²) in [6, 6.07) is -0.198. The highest BCUT2D eigenvalue weighted by Gasteiger charge is 2.18. The number of nitrogens with one attached hydrogen (secondary N) is 1. The monoisotopic (exact) mass is 277 g/mol. The maximum absolute atomic E-state index is 11.9. The molecule has 6 heteroatoms.